The minimum absolute atomic E-state index is 0.124. The number of benzene rings is 2. The second-order valence-electron chi connectivity index (χ2n) is 5.18. The number of pyridine rings is 1. The van der Waals surface area contributed by atoms with Crippen molar-refractivity contribution in [1.29, 1.82) is 0 Å². The van der Waals surface area contributed by atoms with Crippen molar-refractivity contribution < 1.29 is 9.47 Å². The van der Waals surface area contributed by atoms with E-state index in [2.05, 4.69) is 0 Å². The van der Waals surface area contributed by atoms with Crippen LogP contribution in [0.3, 0.4) is 0 Å². The van der Waals surface area contributed by atoms with Crippen molar-refractivity contribution in [2.24, 2.45) is 0 Å². The Kier molecular flexibility index (Phi) is 4.87. The largest absolute Gasteiger partial charge is 0.497 e. The lowest BCUT2D eigenvalue weighted by Crippen LogP contribution is -2.21. The number of nitrogens with zero attached hydrogens (tertiary/aromatic N) is 1. The van der Waals surface area contributed by atoms with Gasteiger partial charge in [-0.25, -0.2) is 0 Å². The molecule has 4 nitrogen and oxygen atoms in total. The van der Waals surface area contributed by atoms with E-state index in [-0.39, 0.29) is 12.3 Å². The molecule has 0 N–H and O–H groups in total. The van der Waals surface area contributed by atoms with Crippen LogP contribution >= 0.6 is 11.6 Å². The van der Waals surface area contributed by atoms with Crippen LogP contribution in [0.5, 0.6) is 11.5 Å². The molecule has 1 heterocycles. The Bertz CT molecular complexity index is 870. The van der Waals surface area contributed by atoms with E-state index >= 15 is 0 Å². The molecule has 0 bridgehead atoms. The molecule has 0 aliphatic carbocycles. The maximum absolute atomic E-state index is 12.0. The fourth-order valence-electron chi connectivity index (χ4n) is 2.26. The van der Waals surface area contributed by atoms with Crippen molar-refractivity contribution in [3.63, 3.8) is 0 Å². The number of rotatable bonds is 5. The highest BCUT2D eigenvalue weighted by molar-refractivity contribution is 6.30. The molecule has 0 aliphatic rings. The highest BCUT2D eigenvalue weighted by atomic mass is 35.5. The number of ether oxygens (including phenoxy) is 2. The Morgan fingerprint density at radius 1 is 0.875 bits per heavy atom. The third-order valence-corrected chi connectivity index (χ3v) is 3.84. The molecule has 2 aromatic carbocycles. The van der Waals surface area contributed by atoms with Crippen molar-refractivity contribution in [3.8, 4) is 22.6 Å². The van der Waals surface area contributed by atoms with Gasteiger partial charge in [0.2, 0.25) is 0 Å². The molecule has 122 valence electrons. The summed E-state index contributed by atoms with van der Waals surface area (Å²) in [6.45, 7) is 0.129. The van der Waals surface area contributed by atoms with Gasteiger partial charge in [0.05, 0.1) is 7.11 Å². The molecule has 0 amide bonds. The summed E-state index contributed by atoms with van der Waals surface area (Å²) < 4.78 is 12.3. The van der Waals surface area contributed by atoms with E-state index in [1.807, 2.05) is 24.3 Å². The van der Waals surface area contributed by atoms with Crippen LogP contribution in [0.1, 0.15) is 0 Å². The number of halogens is 1. The van der Waals surface area contributed by atoms with Crippen molar-refractivity contribution >= 4 is 11.6 Å². The van der Waals surface area contributed by atoms with E-state index in [0.717, 1.165) is 16.9 Å². The molecule has 24 heavy (non-hydrogen) atoms. The first-order chi connectivity index (χ1) is 11.7. The molecule has 3 aromatic rings. The predicted molar refractivity (Wildman–Crippen MR) is 94.8 cm³/mol. The normalized spacial score (nSPS) is 10.4. The zero-order valence-corrected chi connectivity index (χ0v) is 13.9. The van der Waals surface area contributed by atoms with Gasteiger partial charge in [0.1, 0.15) is 11.5 Å². The van der Waals surface area contributed by atoms with Gasteiger partial charge in [-0.3, -0.25) is 9.36 Å². The lowest BCUT2D eigenvalue weighted by Gasteiger charge is -2.11. The number of methoxy groups -OCH3 is 1. The lowest BCUT2D eigenvalue weighted by atomic mass is 10.1. The predicted octanol–water partition coefficient (Wildman–Crippen LogP) is 4.21. The molecule has 0 saturated heterocycles. The monoisotopic (exact) mass is 341 g/mol. The summed E-state index contributed by atoms with van der Waals surface area (Å²) in [5, 5.41) is 0.640. The van der Waals surface area contributed by atoms with Crippen LogP contribution < -0.4 is 15.0 Å². The first kappa shape index (κ1) is 16.1. The Morgan fingerprint density at radius 3 is 2.17 bits per heavy atom. The molecular weight excluding hydrogens is 326 g/mol. The Balaban J connectivity index is 1.80. The second kappa shape index (κ2) is 7.23. The Hall–Kier alpha value is -2.72. The highest BCUT2D eigenvalue weighted by Crippen LogP contribution is 2.21. The zero-order valence-electron chi connectivity index (χ0n) is 13.1. The van der Waals surface area contributed by atoms with E-state index in [1.165, 1.54) is 10.6 Å². The van der Waals surface area contributed by atoms with E-state index in [0.29, 0.717) is 10.8 Å². The summed E-state index contributed by atoms with van der Waals surface area (Å²) in [4.78, 5) is 12.0. The third-order valence-electron chi connectivity index (χ3n) is 3.59. The molecule has 0 atom stereocenters. The smallest absolute Gasteiger partial charge is 0.253 e. The van der Waals surface area contributed by atoms with Gasteiger partial charge in [0, 0.05) is 17.3 Å². The van der Waals surface area contributed by atoms with Crippen molar-refractivity contribution in [3.05, 3.63) is 82.2 Å². The molecule has 5 heteroatoms. The maximum Gasteiger partial charge on any atom is 0.253 e. The van der Waals surface area contributed by atoms with Gasteiger partial charge in [0.25, 0.3) is 5.56 Å². The Labute approximate surface area is 144 Å². The average Bonchev–Trinajstić information content (AvgIpc) is 2.62. The quantitative estimate of drug-likeness (QED) is 0.697. The standard InChI is InChI=1S/C19H16ClNO3/c1-23-17-7-2-14(3-8-17)15-4-11-19(22)21(12-15)13-24-18-9-5-16(20)6-10-18/h2-12H,13H2,1H3. The molecule has 0 spiro atoms. The molecule has 0 fully saturated rings. The summed E-state index contributed by atoms with van der Waals surface area (Å²) in [5.74, 6) is 1.44. The van der Waals surface area contributed by atoms with Crippen molar-refractivity contribution in [2.75, 3.05) is 7.11 Å². The van der Waals surface area contributed by atoms with Gasteiger partial charge in [-0.15, -0.1) is 0 Å². The van der Waals surface area contributed by atoms with Gasteiger partial charge in [-0.05, 0) is 53.6 Å². The first-order valence-corrected chi connectivity index (χ1v) is 7.77. The van der Waals surface area contributed by atoms with Crippen LogP contribution in [0.15, 0.2) is 71.7 Å². The maximum atomic E-state index is 12.0. The fraction of sp³-hybridized carbons (Fsp3) is 0.105. The van der Waals surface area contributed by atoms with Crippen LogP contribution in [-0.2, 0) is 6.73 Å². The summed E-state index contributed by atoms with van der Waals surface area (Å²) in [5.41, 5.74) is 1.80. The van der Waals surface area contributed by atoms with Crippen LogP contribution in [0.25, 0.3) is 11.1 Å². The van der Waals surface area contributed by atoms with Gasteiger partial charge >= 0.3 is 0 Å². The number of aromatic nitrogens is 1. The Morgan fingerprint density at radius 2 is 1.50 bits per heavy atom. The summed E-state index contributed by atoms with van der Waals surface area (Å²) >= 11 is 5.84. The summed E-state index contributed by atoms with van der Waals surface area (Å²) in [6.07, 6.45) is 1.78. The van der Waals surface area contributed by atoms with Gasteiger partial charge in [0.15, 0.2) is 6.73 Å². The molecule has 0 aliphatic heterocycles. The van der Waals surface area contributed by atoms with Gasteiger partial charge in [-0.1, -0.05) is 23.7 Å². The number of hydrogen-bond acceptors (Lipinski definition) is 3. The van der Waals surface area contributed by atoms with Crippen LogP contribution in [-0.4, -0.2) is 11.7 Å². The molecule has 3 rings (SSSR count). The number of hydrogen-bond donors (Lipinski definition) is 0. The van der Waals surface area contributed by atoms with Crippen molar-refractivity contribution in [2.45, 2.75) is 6.73 Å². The molecule has 1 aromatic heterocycles. The minimum Gasteiger partial charge on any atom is -0.497 e. The molecule has 0 saturated carbocycles. The second-order valence-corrected chi connectivity index (χ2v) is 5.62. The van der Waals surface area contributed by atoms with Crippen LogP contribution in [0.4, 0.5) is 0 Å². The molecule has 0 unspecified atom stereocenters. The topological polar surface area (TPSA) is 40.5 Å². The van der Waals surface area contributed by atoms with E-state index in [4.69, 9.17) is 21.1 Å². The summed E-state index contributed by atoms with van der Waals surface area (Å²) in [6, 6.07) is 18.0. The van der Waals surface area contributed by atoms with E-state index in [9.17, 15) is 4.79 Å². The molecular formula is C19H16ClNO3. The van der Waals surface area contributed by atoms with Crippen LogP contribution in [0, 0.1) is 0 Å². The average molecular weight is 342 g/mol. The molecule has 0 radical (unpaired) electrons. The zero-order chi connectivity index (χ0) is 16.9. The first-order valence-electron chi connectivity index (χ1n) is 7.39. The lowest BCUT2D eigenvalue weighted by molar-refractivity contribution is 0.232. The summed E-state index contributed by atoms with van der Waals surface area (Å²) in [7, 11) is 1.63. The van der Waals surface area contributed by atoms with E-state index in [1.54, 1.807) is 43.6 Å². The van der Waals surface area contributed by atoms with Crippen LogP contribution in [0.2, 0.25) is 5.02 Å². The van der Waals surface area contributed by atoms with Gasteiger partial charge in [-0.2, -0.15) is 0 Å². The highest BCUT2D eigenvalue weighted by Gasteiger charge is 2.03. The van der Waals surface area contributed by atoms with Gasteiger partial charge < -0.3 is 9.47 Å². The third kappa shape index (κ3) is 3.78. The fourth-order valence-corrected chi connectivity index (χ4v) is 2.39. The minimum atomic E-state index is -0.124. The van der Waals surface area contributed by atoms with Crippen molar-refractivity contribution in [1.82, 2.24) is 4.57 Å². The SMILES string of the molecule is COc1ccc(-c2ccc(=O)n(COc3ccc(Cl)cc3)c2)cc1. The van der Waals surface area contributed by atoms with E-state index < -0.39 is 0 Å².